The van der Waals surface area contributed by atoms with E-state index in [1.807, 2.05) is 0 Å². The third kappa shape index (κ3) is 3.08. The highest BCUT2D eigenvalue weighted by molar-refractivity contribution is 5.29. The highest BCUT2D eigenvalue weighted by Crippen LogP contribution is 2.15. The second-order valence-electron chi connectivity index (χ2n) is 5.13. The zero-order valence-corrected chi connectivity index (χ0v) is 11.3. The van der Waals surface area contributed by atoms with Gasteiger partial charge in [0.05, 0.1) is 0 Å². The first-order valence-corrected chi connectivity index (χ1v) is 6.71. The van der Waals surface area contributed by atoms with Crippen molar-refractivity contribution in [2.75, 3.05) is 19.6 Å². The second kappa shape index (κ2) is 5.65. The Kier molecular flexibility index (Phi) is 4.19. The van der Waals surface area contributed by atoms with Crippen molar-refractivity contribution >= 4 is 0 Å². The molecule has 2 heteroatoms. The fraction of sp³-hybridized carbons (Fsp3) is 0.600. The van der Waals surface area contributed by atoms with Crippen molar-refractivity contribution in [2.24, 2.45) is 0 Å². The molecule has 94 valence electrons. The number of nitrogens with one attached hydrogen (secondary N) is 1. The minimum atomic E-state index is 0.724. The van der Waals surface area contributed by atoms with E-state index >= 15 is 0 Å². The largest absolute Gasteiger partial charge is 0.315 e. The molecule has 0 amide bonds. The minimum Gasteiger partial charge on any atom is -0.315 e. The van der Waals surface area contributed by atoms with Gasteiger partial charge in [-0.15, -0.1) is 0 Å². The van der Waals surface area contributed by atoms with Gasteiger partial charge in [0, 0.05) is 19.1 Å². The summed E-state index contributed by atoms with van der Waals surface area (Å²) in [6.07, 6.45) is 1.29. The number of nitrogens with zero attached hydrogens (tertiary/aromatic N) is 1. The van der Waals surface area contributed by atoms with Crippen LogP contribution in [0, 0.1) is 13.8 Å². The van der Waals surface area contributed by atoms with Crippen LogP contribution in [0.1, 0.15) is 30.0 Å². The minimum absolute atomic E-state index is 0.724. The average molecular weight is 232 g/mol. The summed E-state index contributed by atoms with van der Waals surface area (Å²) in [5.41, 5.74) is 4.24. The molecule has 2 nitrogen and oxygen atoms in total. The monoisotopic (exact) mass is 232 g/mol. The summed E-state index contributed by atoms with van der Waals surface area (Å²) in [4.78, 5) is 2.59. The van der Waals surface area contributed by atoms with Crippen molar-refractivity contribution in [2.45, 2.75) is 39.8 Å². The predicted octanol–water partition coefficient (Wildman–Crippen LogP) is 2.49. The Morgan fingerprint density at radius 1 is 1.29 bits per heavy atom. The van der Waals surface area contributed by atoms with Crippen LogP contribution >= 0.6 is 0 Å². The molecular formula is C15H24N2. The van der Waals surface area contributed by atoms with Crippen molar-refractivity contribution < 1.29 is 0 Å². The van der Waals surface area contributed by atoms with Gasteiger partial charge < -0.3 is 5.32 Å². The third-order valence-corrected chi connectivity index (χ3v) is 3.91. The number of likely N-dealkylation sites (N-methyl/N-ethyl adjacent to an activating group) is 1. The van der Waals surface area contributed by atoms with E-state index in [1.165, 1.54) is 29.7 Å². The fourth-order valence-corrected chi connectivity index (χ4v) is 2.59. The van der Waals surface area contributed by atoms with Crippen LogP contribution in [0.25, 0.3) is 0 Å². The zero-order chi connectivity index (χ0) is 12.3. The molecule has 1 saturated heterocycles. The van der Waals surface area contributed by atoms with E-state index in [9.17, 15) is 0 Å². The van der Waals surface area contributed by atoms with Gasteiger partial charge in [0.1, 0.15) is 0 Å². The van der Waals surface area contributed by atoms with E-state index < -0.39 is 0 Å². The summed E-state index contributed by atoms with van der Waals surface area (Å²) in [6, 6.07) is 7.57. The number of benzene rings is 1. The van der Waals surface area contributed by atoms with Crippen molar-refractivity contribution in [3.05, 3.63) is 34.9 Å². The van der Waals surface area contributed by atoms with Crippen LogP contribution in [0.2, 0.25) is 0 Å². The highest BCUT2D eigenvalue weighted by Gasteiger charge is 2.20. The molecule has 17 heavy (non-hydrogen) atoms. The summed E-state index contributed by atoms with van der Waals surface area (Å²) in [5.74, 6) is 0. The van der Waals surface area contributed by atoms with Crippen LogP contribution in [0.3, 0.4) is 0 Å². The molecule has 0 aliphatic carbocycles. The predicted molar refractivity (Wildman–Crippen MR) is 73.3 cm³/mol. The molecule has 1 aromatic carbocycles. The molecule has 1 aliphatic heterocycles. The van der Waals surface area contributed by atoms with Crippen molar-refractivity contribution in [1.29, 1.82) is 0 Å². The van der Waals surface area contributed by atoms with Gasteiger partial charge in [0.15, 0.2) is 0 Å². The van der Waals surface area contributed by atoms with Gasteiger partial charge in [-0.05, 0) is 50.0 Å². The van der Waals surface area contributed by atoms with E-state index in [4.69, 9.17) is 0 Å². The van der Waals surface area contributed by atoms with Gasteiger partial charge in [0.25, 0.3) is 0 Å². The Balaban J connectivity index is 2.04. The molecule has 1 aromatic rings. The van der Waals surface area contributed by atoms with Crippen molar-refractivity contribution in [3.8, 4) is 0 Å². The molecular weight excluding hydrogens is 208 g/mol. The molecule has 1 fully saturated rings. The molecule has 2 rings (SSSR count). The van der Waals surface area contributed by atoms with Crippen molar-refractivity contribution in [1.82, 2.24) is 10.2 Å². The standard InChI is InChI=1S/C15H24N2/c1-4-17(15-7-8-16-10-15)11-14-6-5-12(2)13(3)9-14/h5-6,9,15-16H,4,7-8,10-11H2,1-3H3. The lowest BCUT2D eigenvalue weighted by molar-refractivity contribution is 0.210. The Morgan fingerprint density at radius 2 is 2.12 bits per heavy atom. The van der Waals surface area contributed by atoms with Gasteiger partial charge in [-0.1, -0.05) is 25.1 Å². The summed E-state index contributed by atoms with van der Waals surface area (Å²) < 4.78 is 0. The van der Waals surface area contributed by atoms with E-state index in [1.54, 1.807) is 0 Å². The number of hydrogen-bond donors (Lipinski definition) is 1. The molecule has 0 saturated carbocycles. The Labute approximate surface area is 105 Å². The maximum Gasteiger partial charge on any atom is 0.0237 e. The van der Waals surface area contributed by atoms with Crippen LogP contribution in [-0.2, 0) is 6.54 Å². The lowest BCUT2D eigenvalue weighted by Gasteiger charge is -2.27. The lowest BCUT2D eigenvalue weighted by Crippen LogP contribution is -2.36. The average Bonchev–Trinajstić information content (AvgIpc) is 2.84. The molecule has 1 unspecified atom stereocenters. The molecule has 1 aliphatic rings. The van der Waals surface area contributed by atoms with Crippen LogP contribution in [0.4, 0.5) is 0 Å². The van der Waals surface area contributed by atoms with Crippen LogP contribution < -0.4 is 5.32 Å². The molecule has 0 spiro atoms. The van der Waals surface area contributed by atoms with Gasteiger partial charge in [-0.25, -0.2) is 0 Å². The summed E-state index contributed by atoms with van der Waals surface area (Å²) >= 11 is 0. The lowest BCUT2D eigenvalue weighted by atomic mass is 10.1. The molecule has 1 heterocycles. The second-order valence-corrected chi connectivity index (χ2v) is 5.13. The van der Waals surface area contributed by atoms with Crippen LogP contribution in [0.15, 0.2) is 18.2 Å². The quantitative estimate of drug-likeness (QED) is 0.858. The molecule has 0 bridgehead atoms. The van der Waals surface area contributed by atoms with Gasteiger partial charge >= 0.3 is 0 Å². The van der Waals surface area contributed by atoms with Gasteiger partial charge in [-0.2, -0.15) is 0 Å². The zero-order valence-electron chi connectivity index (χ0n) is 11.3. The fourth-order valence-electron chi connectivity index (χ4n) is 2.59. The van der Waals surface area contributed by atoms with E-state index in [0.29, 0.717) is 0 Å². The maximum absolute atomic E-state index is 3.45. The van der Waals surface area contributed by atoms with E-state index in [-0.39, 0.29) is 0 Å². The van der Waals surface area contributed by atoms with Gasteiger partial charge in [0.2, 0.25) is 0 Å². The smallest absolute Gasteiger partial charge is 0.0237 e. The van der Waals surface area contributed by atoms with E-state index in [0.717, 1.165) is 25.7 Å². The molecule has 0 aromatic heterocycles. The number of aryl methyl sites for hydroxylation is 2. The SMILES string of the molecule is CCN(Cc1ccc(C)c(C)c1)C1CCNC1. The summed E-state index contributed by atoms with van der Waals surface area (Å²) in [6.45, 7) is 11.2. The maximum atomic E-state index is 3.45. The Bertz CT molecular complexity index is 367. The topological polar surface area (TPSA) is 15.3 Å². The van der Waals surface area contributed by atoms with Gasteiger partial charge in [-0.3, -0.25) is 4.90 Å². The normalized spacial score (nSPS) is 20.1. The molecule has 1 N–H and O–H groups in total. The first-order chi connectivity index (χ1) is 8.20. The summed E-state index contributed by atoms with van der Waals surface area (Å²) in [7, 11) is 0. The van der Waals surface area contributed by atoms with Crippen LogP contribution in [-0.4, -0.2) is 30.6 Å². The molecule has 1 atom stereocenters. The third-order valence-electron chi connectivity index (χ3n) is 3.91. The Morgan fingerprint density at radius 3 is 2.71 bits per heavy atom. The first kappa shape index (κ1) is 12.6. The molecule has 0 radical (unpaired) electrons. The number of rotatable bonds is 4. The highest BCUT2D eigenvalue weighted by atomic mass is 15.2. The van der Waals surface area contributed by atoms with Crippen LogP contribution in [0.5, 0.6) is 0 Å². The Hall–Kier alpha value is -0.860. The number of hydrogen-bond acceptors (Lipinski definition) is 2. The van der Waals surface area contributed by atoms with E-state index in [2.05, 4.69) is 49.2 Å². The first-order valence-electron chi connectivity index (χ1n) is 6.71. The van der Waals surface area contributed by atoms with Crippen molar-refractivity contribution in [3.63, 3.8) is 0 Å². The summed E-state index contributed by atoms with van der Waals surface area (Å²) in [5, 5.41) is 3.45.